The van der Waals surface area contributed by atoms with Crippen molar-refractivity contribution in [3.8, 4) is 11.8 Å². The third kappa shape index (κ3) is 4.13. The van der Waals surface area contributed by atoms with Crippen LogP contribution in [0.25, 0.3) is 0 Å². The zero-order valence-electron chi connectivity index (χ0n) is 11.6. The maximum absolute atomic E-state index is 12.1. The van der Waals surface area contributed by atoms with E-state index < -0.39 is 0 Å². The minimum atomic E-state index is -0.265. The van der Waals surface area contributed by atoms with Crippen LogP contribution < -0.4 is 5.32 Å². The molecule has 0 bridgehead atoms. The minimum absolute atomic E-state index is 0.0453. The molecule has 0 fully saturated rings. The lowest BCUT2D eigenvalue weighted by molar-refractivity contribution is 0.102. The zero-order chi connectivity index (χ0) is 15.1. The molecule has 0 spiro atoms. The molecule has 1 amide bonds. The van der Waals surface area contributed by atoms with Gasteiger partial charge in [0.2, 0.25) is 5.95 Å². The van der Waals surface area contributed by atoms with Crippen LogP contribution in [-0.4, -0.2) is 27.6 Å². The van der Waals surface area contributed by atoms with E-state index in [-0.39, 0.29) is 18.5 Å². The first-order valence-corrected chi connectivity index (χ1v) is 6.49. The lowest BCUT2D eigenvalue weighted by Gasteiger charge is -2.05. The van der Waals surface area contributed by atoms with Gasteiger partial charge in [-0.25, -0.2) is 9.97 Å². The number of aliphatic hydroxyl groups excluding tert-OH is 1. The summed E-state index contributed by atoms with van der Waals surface area (Å²) in [7, 11) is 0. The summed E-state index contributed by atoms with van der Waals surface area (Å²) < 4.78 is 0. The quantitative estimate of drug-likeness (QED) is 0.841. The molecule has 106 valence electrons. The van der Waals surface area contributed by atoms with Crippen LogP contribution in [0.4, 0.5) is 5.95 Å². The Kier molecular flexibility index (Phi) is 5.02. The van der Waals surface area contributed by atoms with Gasteiger partial charge >= 0.3 is 0 Å². The van der Waals surface area contributed by atoms with Crippen molar-refractivity contribution in [2.24, 2.45) is 0 Å². The highest BCUT2D eigenvalue weighted by atomic mass is 16.2. The molecule has 0 aliphatic rings. The van der Waals surface area contributed by atoms with Gasteiger partial charge < -0.3 is 5.11 Å². The standard InChI is InChI=1S/C16H15N3O2/c1-12-11-14(7-6-13(12)5-2-3-10-20)15(21)19-16-17-8-4-9-18-16/h4,6-9,11,20H,3,10H2,1H3,(H,17,18,19,21). The van der Waals surface area contributed by atoms with Gasteiger partial charge in [0.1, 0.15) is 0 Å². The molecular formula is C16H15N3O2. The highest BCUT2D eigenvalue weighted by Gasteiger charge is 2.08. The number of amides is 1. The summed E-state index contributed by atoms with van der Waals surface area (Å²) in [5, 5.41) is 11.3. The van der Waals surface area contributed by atoms with Crippen molar-refractivity contribution in [3.05, 3.63) is 53.3 Å². The molecule has 2 rings (SSSR count). The number of benzene rings is 1. The summed E-state index contributed by atoms with van der Waals surface area (Å²) in [6, 6.07) is 6.94. The fraction of sp³-hybridized carbons (Fsp3) is 0.188. The number of nitrogens with one attached hydrogen (secondary N) is 1. The van der Waals surface area contributed by atoms with Crippen molar-refractivity contribution in [1.29, 1.82) is 0 Å². The smallest absolute Gasteiger partial charge is 0.258 e. The van der Waals surface area contributed by atoms with Crippen molar-refractivity contribution in [2.45, 2.75) is 13.3 Å². The Hall–Kier alpha value is -2.71. The number of hydrogen-bond acceptors (Lipinski definition) is 4. The first-order chi connectivity index (χ1) is 10.2. The molecule has 0 radical (unpaired) electrons. The van der Waals surface area contributed by atoms with Gasteiger partial charge in [-0.1, -0.05) is 11.8 Å². The number of aryl methyl sites for hydroxylation is 1. The number of carbonyl (C=O) groups is 1. The fourth-order valence-corrected chi connectivity index (χ4v) is 1.70. The highest BCUT2D eigenvalue weighted by molar-refractivity contribution is 6.03. The number of aromatic nitrogens is 2. The molecular weight excluding hydrogens is 266 g/mol. The van der Waals surface area contributed by atoms with Crippen LogP contribution in [-0.2, 0) is 0 Å². The van der Waals surface area contributed by atoms with Gasteiger partial charge in [-0.05, 0) is 36.8 Å². The lowest BCUT2D eigenvalue weighted by Crippen LogP contribution is -2.14. The van der Waals surface area contributed by atoms with Crippen molar-refractivity contribution in [2.75, 3.05) is 11.9 Å². The van der Waals surface area contributed by atoms with Gasteiger partial charge in [0.25, 0.3) is 5.91 Å². The number of nitrogens with zero attached hydrogens (tertiary/aromatic N) is 2. The monoisotopic (exact) mass is 281 g/mol. The van der Waals surface area contributed by atoms with E-state index in [0.717, 1.165) is 11.1 Å². The molecule has 0 saturated heterocycles. The van der Waals surface area contributed by atoms with Crippen LogP contribution in [0.15, 0.2) is 36.7 Å². The molecule has 0 aliphatic heterocycles. The Morgan fingerprint density at radius 3 is 2.76 bits per heavy atom. The van der Waals surface area contributed by atoms with E-state index >= 15 is 0 Å². The molecule has 1 heterocycles. The van der Waals surface area contributed by atoms with Crippen LogP contribution in [0.2, 0.25) is 0 Å². The second-order valence-electron chi connectivity index (χ2n) is 4.33. The molecule has 0 aliphatic carbocycles. The Morgan fingerprint density at radius 1 is 1.33 bits per heavy atom. The molecule has 0 atom stereocenters. The van der Waals surface area contributed by atoms with Crippen molar-refractivity contribution in [3.63, 3.8) is 0 Å². The molecule has 1 aromatic heterocycles. The maximum Gasteiger partial charge on any atom is 0.258 e. The van der Waals surface area contributed by atoms with Crippen molar-refractivity contribution in [1.82, 2.24) is 9.97 Å². The number of rotatable bonds is 3. The molecule has 0 saturated carbocycles. The van der Waals surface area contributed by atoms with E-state index in [1.54, 1.807) is 36.7 Å². The van der Waals surface area contributed by atoms with Crippen LogP contribution in [0.1, 0.15) is 27.9 Å². The van der Waals surface area contributed by atoms with Crippen LogP contribution in [0.3, 0.4) is 0 Å². The van der Waals surface area contributed by atoms with Crippen molar-refractivity contribution < 1.29 is 9.90 Å². The lowest BCUT2D eigenvalue weighted by atomic mass is 10.0. The molecule has 1 aromatic carbocycles. The number of anilines is 1. The molecule has 21 heavy (non-hydrogen) atoms. The average Bonchev–Trinajstić information content (AvgIpc) is 2.50. The van der Waals surface area contributed by atoms with Gasteiger partial charge in [0.15, 0.2) is 0 Å². The maximum atomic E-state index is 12.1. The number of carbonyl (C=O) groups excluding carboxylic acids is 1. The summed E-state index contributed by atoms with van der Waals surface area (Å²) in [4.78, 5) is 20.0. The Bertz CT molecular complexity index is 688. The van der Waals surface area contributed by atoms with Gasteiger partial charge in [-0.2, -0.15) is 0 Å². The first kappa shape index (κ1) is 14.7. The third-order valence-electron chi connectivity index (χ3n) is 2.74. The zero-order valence-corrected chi connectivity index (χ0v) is 11.6. The Morgan fingerprint density at radius 2 is 2.10 bits per heavy atom. The predicted octanol–water partition coefficient (Wildman–Crippen LogP) is 1.77. The molecule has 5 heteroatoms. The van der Waals surface area contributed by atoms with E-state index in [9.17, 15) is 4.79 Å². The van der Waals surface area contributed by atoms with E-state index in [1.807, 2.05) is 6.92 Å². The minimum Gasteiger partial charge on any atom is -0.395 e. The van der Waals surface area contributed by atoms with Gasteiger partial charge in [0, 0.05) is 29.9 Å². The van der Waals surface area contributed by atoms with E-state index in [4.69, 9.17) is 5.11 Å². The normalized spacial score (nSPS) is 9.62. The molecule has 5 nitrogen and oxygen atoms in total. The first-order valence-electron chi connectivity index (χ1n) is 6.49. The molecule has 2 N–H and O–H groups in total. The van der Waals surface area contributed by atoms with Gasteiger partial charge in [0.05, 0.1) is 6.61 Å². The SMILES string of the molecule is Cc1cc(C(=O)Nc2ncccn2)ccc1C#CCCO. The average molecular weight is 281 g/mol. The van der Waals surface area contributed by atoms with Crippen LogP contribution in [0, 0.1) is 18.8 Å². The second kappa shape index (κ2) is 7.17. The summed E-state index contributed by atoms with van der Waals surface area (Å²) in [6.07, 6.45) is 3.56. The summed E-state index contributed by atoms with van der Waals surface area (Å²) in [6.45, 7) is 1.93. The number of hydrogen-bond donors (Lipinski definition) is 2. The van der Waals surface area contributed by atoms with Crippen LogP contribution in [0.5, 0.6) is 0 Å². The van der Waals surface area contributed by atoms with E-state index in [0.29, 0.717) is 12.0 Å². The summed E-state index contributed by atoms with van der Waals surface area (Å²) in [5.41, 5.74) is 2.27. The molecule has 0 unspecified atom stereocenters. The second-order valence-corrected chi connectivity index (χ2v) is 4.33. The summed E-state index contributed by atoms with van der Waals surface area (Å²) in [5.74, 6) is 5.83. The Balaban J connectivity index is 2.13. The fourth-order valence-electron chi connectivity index (χ4n) is 1.70. The number of aliphatic hydroxyl groups is 1. The van der Waals surface area contributed by atoms with Gasteiger partial charge in [-0.3, -0.25) is 10.1 Å². The topological polar surface area (TPSA) is 75.1 Å². The van der Waals surface area contributed by atoms with E-state index in [1.165, 1.54) is 0 Å². The Labute approximate surface area is 123 Å². The summed E-state index contributed by atoms with van der Waals surface area (Å²) >= 11 is 0. The third-order valence-corrected chi connectivity index (χ3v) is 2.74. The highest BCUT2D eigenvalue weighted by Crippen LogP contribution is 2.11. The molecule has 2 aromatic rings. The van der Waals surface area contributed by atoms with E-state index in [2.05, 4.69) is 27.1 Å². The predicted molar refractivity (Wildman–Crippen MR) is 79.7 cm³/mol. The largest absolute Gasteiger partial charge is 0.395 e. The van der Waals surface area contributed by atoms with Crippen molar-refractivity contribution >= 4 is 11.9 Å². The van der Waals surface area contributed by atoms with Gasteiger partial charge in [-0.15, -0.1) is 0 Å². The van der Waals surface area contributed by atoms with Crippen LogP contribution >= 0.6 is 0 Å².